The number of hydrogen-bond acceptors (Lipinski definition) is 3. The fourth-order valence-electron chi connectivity index (χ4n) is 2.28. The van der Waals surface area contributed by atoms with Crippen LogP contribution >= 0.6 is 0 Å². The molecule has 1 heterocycles. The zero-order valence-corrected chi connectivity index (χ0v) is 12.2. The molecule has 3 aromatic rings. The summed E-state index contributed by atoms with van der Waals surface area (Å²) in [7, 11) is 1.51. The third-order valence-electron chi connectivity index (χ3n) is 3.49. The molecule has 0 saturated heterocycles. The molecule has 22 heavy (non-hydrogen) atoms. The Labute approximate surface area is 127 Å². The number of methoxy groups -OCH3 is 1. The maximum atomic E-state index is 13.0. The maximum absolute atomic E-state index is 13.0. The SMILES string of the molecule is COc1cc(-c2cnn(-c3ccc(F)cc3)c2)cc(C)c1O. The molecule has 4 nitrogen and oxygen atoms in total. The van der Waals surface area contributed by atoms with Gasteiger partial charge in [0.1, 0.15) is 5.82 Å². The summed E-state index contributed by atoms with van der Waals surface area (Å²) in [4.78, 5) is 0. The number of aromatic nitrogens is 2. The zero-order chi connectivity index (χ0) is 15.7. The van der Waals surface area contributed by atoms with Gasteiger partial charge in [-0.3, -0.25) is 0 Å². The van der Waals surface area contributed by atoms with Gasteiger partial charge in [0.15, 0.2) is 11.5 Å². The Morgan fingerprint density at radius 3 is 2.55 bits per heavy atom. The van der Waals surface area contributed by atoms with Gasteiger partial charge in [-0.25, -0.2) is 9.07 Å². The molecule has 0 amide bonds. The van der Waals surface area contributed by atoms with Gasteiger partial charge in [-0.15, -0.1) is 0 Å². The van der Waals surface area contributed by atoms with Crippen LogP contribution in [0.25, 0.3) is 16.8 Å². The molecule has 1 aromatic heterocycles. The molecule has 0 radical (unpaired) electrons. The molecule has 0 spiro atoms. The van der Waals surface area contributed by atoms with Crippen molar-refractivity contribution in [3.05, 3.63) is 60.2 Å². The molecule has 0 fully saturated rings. The molecule has 0 aliphatic carbocycles. The molecule has 1 N–H and O–H groups in total. The predicted octanol–water partition coefficient (Wildman–Crippen LogP) is 3.70. The van der Waals surface area contributed by atoms with E-state index in [1.807, 2.05) is 19.2 Å². The van der Waals surface area contributed by atoms with E-state index in [-0.39, 0.29) is 11.6 Å². The van der Waals surface area contributed by atoms with Crippen LogP contribution in [0.1, 0.15) is 5.56 Å². The normalized spacial score (nSPS) is 10.7. The van der Waals surface area contributed by atoms with E-state index in [4.69, 9.17) is 4.74 Å². The van der Waals surface area contributed by atoms with E-state index >= 15 is 0 Å². The predicted molar refractivity (Wildman–Crippen MR) is 81.9 cm³/mol. The number of rotatable bonds is 3. The summed E-state index contributed by atoms with van der Waals surface area (Å²) >= 11 is 0. The third-order valence-corrected chi connectivity index (χ3v) is 3.49. The van der Waals surface area contributed by atoms with Crippen LogP contribution in [0.5, 0.6) is 11.5 Å². The summed E-state index contributed by atoms with van der Waals surface area (Å²) in [6.45, 7) is 1.81. The van der Waals surface area contributed by atoms with Crippen molar-refractivity contribution in [1.82, 2.24) is 9.78 Å². The lowest BCUT2D eigenvalue weighted by atomic mass is 10.1. The Balaban J connectivity index is 2.00. The van der Waals surface area contributed by atoms with Crippen molar-refractivity contribution in [2.24, 2.45) is 0 Å². The van der Waals surface area contributed by atoms with Gasteiger partial charge in [-0.05, 0) is 54.4 Å². The van der Waals surface area contributed by atoms with Gasteiger partial charge in [0.2, 0.25) is 0 Å². The van der Waals surface area contributed by atoms with Crippen molar-refractivity contribution in [3.63, 3.8) is 0 Å². The Morgan fingerprint density at radius 2 is 1.86 bits per heavy atom. The highest BCUT2D eigenvalue weighted by atomic mass is 19.1. The number of ether oxygens (including phenoxy) is 1. The molecule has 0 aliphatic rings. The van der Waals surface area contributed by atoms with Gasteiger partial charge in [-0.2, -0.15) is 5.10 Å². The molecule has 5 heteroatoms. The fraction of sp³-hybridized carbons (Fsp3) is 0.118. The van der Waals surface area contributed by atoms with Crippen LogP contribution in [-0.2, 0) is 0 Å². The van der Waals surface area contributed by atoms with Crippen molar-refractivity contribution in [2.75, 3.05) is 7.11 Å². The molecule has 0 aliphatic heterocycles. The standard InChI is InChI=1S/C17H15FN2O2/c1-11-7-12(8-16(22-2)17(11)21)13-9-19-20(10-13)15-5-3-14(18)4-6-15/h3-10,21H,1-2H3. The molecule has 112 valence electrons. The van der Waals surface area contributed by atoms with Crippen LogP contribution in [-0.4, -0.2) is 22.0 Å². The summed E-state index contributed by atoms with van der Waals surface area (Å²) in [6.07, 6.45) is 3.56. The first kappa shape index (κ1) is 14.1. The van der Waals surface area contributed by atoms with Crippen LogP contribution in [0.2, 0.25) is 0 Å². The van der Waals surface area contributed by atoms with Crippen LogP contribution in [0, 0.1) is 12.7 Å². The lowest BCUT2D eigenvalue weighted by Crippen LogP contribution is -1.93. The van der Waals surface area contributed by atoms with E-state index in [0.29, 0.717) is 5.75 Å². The molecule has 2 aromatic carbocycles. The van der Waals surface area contributed by atoms with Crippen molar-refractivity contribution in [2.45, 2.75) is 6.92 Å². The molecular weight excluding hydrogens is 283 g/mol. The van der Waals surface area contributed by atoms with Crippen molar-refractivity contribution >= 4 is 0 Å². The van der Waals surface area contributed by atoms with Gasteiger partial charge in [0.25, 0.3) is 0 Å². The molecular formula is C17H15FN2O2. The Kier molecular flexibility index (Phi) is 3.55. The van der Waals surface area contributed by atoms with Gasteiger partial charge in [0, 0.05) is 11.8 Å². The summed E-state index contributed by atoms with van der Waals surface area (Å²) in [5.41, 5.74) is 3.27. The number of phenols is 1. The number of aryl methyl sites for hydroxylation is 1. The van der Waals surface area contributed by atoms with E-state index in [9.17, 15) is 9.50 Å². The van der Waals surface area contributed by atoms with Crippen LogP contribution < -0.4 is 4.74 Å². The number of halogens is 1. The number of nitrogens with zero attached hydrogens (tertiary/aromatic N) is 2. The van der Waals surface area contributed by atoms with Crippen molar-refractivity contribution in [3.8, 4) is 28.3 Å². The van der Waals surface area contributed by atoms with Crippen molar-refractivity contribution in [1.29, 1.82) is 0 Å². The van der Waals surface area contributed by atoms with E-state index in [0.717, 1.165) is 22.4 Å². The lowest BCUT2D eigenvalue weighted by Gasteiger charge is -2.08. The first-order valence-corrected chi connectivity index (χ1v) is 6.77. The average Bonchev–Trinajstić information content (AvgIpc) is 3.00. The fourth-order valence-corrected chi connectivity index (χ4v) is 2.28. The number of benzene rings is 2. The first-order valence-electron chi connectivity index (χ1n) is 6.77. The monoisotopic (exact) mass is 298 g/mol. The number of hydrogen-bond donors (Lipinski definition) is 1. The topological polar surface area (TPSA) is 47.3 Å². The van der Waals surface area contributed by atoms with E-state index in [1.165, 1.54) is 19.2 Å². The minimum atomic E-state index is -0.282. The Bertz CT molecular complexity index is 810. The quantitative estimate of drug-likeness (QED) is 0.802. The highest BCUT2D eigenvalue weighted by Gasteiger charge is 2.10. The van der Waals surface area contributed by atoms with Crippen LogP contribution in [0.4, 0.5) is 4.39 Å². The van der Waals surface area contributed by atoms with Crippen LogP contribution in [0.3, 0.4) is 0 Å². The first-order chi connectivity index (χ1) is 10.6. The largest absolute Gasteiger partial charge is 0.504 e. The minimum Gasteiger partial charge on any atom is -0.504 e. The van der Waals surface area contributed by atoms with E-state index in [1.54, 1.807) is 29.1 Å². The van der Waals surface area contributed by atoms with Gasteiger partial charge >= 0.3 is 0 Å². The second kappa shape index (κ2) is 5.52. The van der Waals surface area contributed by atoms with Gasteiger partial charge < -0.3 is 9.84 Å². The number of aromatic hydroxyl groups is 1. The second-order valence-electron chi connectivity index (χ2n) is 4.99. The summed E-state index contributed by atoms with van der Waals surface area (Å²) in [5, 5.41) is 14.2. The van der Waals surface area contributed by atoms with Crippen LogP contribution in [0.15, 0.2) is 48.8 Å². The molecule has 0 atom stereocenters. The average molecular weight is 298 g/mol. The molecule has 3 rings (SSSR count). The zero-order valence-electron chi connectivity index (χ0n) is 12.2. The summed E-state index contributed by atoms with van der Waals surface area (Å²) in [6, 6.07) is 9.73. The highest BCUT2D eigenvalue weighted by molar-refractivity contribution is 5.68. The Hall–Kier alpha value is -2.82. The van der Waals surface area contributed by atoms with Gasteiger partial charge in [-0.1, -0.05) is 0 Å². The smallest absolute Gasteiger partial charge is 0.161 e. The summed E-state index contributed by atoms with van der Waals surface area (Å²) < 4.78 is 19.8. The molecule has 0 unspecified atom stereocenters. The Morgan fingerprint density at radius 1 is 1.14 bits per heavy atom. The van der Waals surface area contributed by atoms with Crippen molar-refractivity contribution < 1.29 is 14.2 Å². The summed E-state index contributed by atoms with van der Waals surface area (Å²) in [5.74, 6) is 0.275. The second-order valence-corrected chi connectivity index (χ2v) is 4.99. The highest BCUT2D eigenvalue weighted by Crippen LogP contribution is 2.34. The van der Waals surface area contributed by atoms with E-state index < -0.39 is 0 Å². The third kappa shape index (κ3) is 2.53. The van der Waals surface area contributed by atoms with Gasteiger partial charge in [0.05, 0.1) is 19.0 Å². The lowest BCUT2D eigenvalue weighted by molar-refractivity contribution is 0.372. The molecule has 0 bridgehead atoms. The maximum Gasteiger partial charge on any atom is 0.161 e. The number of phenolic OH excluding ortho intramolecular Hbond substituents is 1. The van der Waals surface area contributed by atoms with E-state index in [2.05, 4.69) is 5.10 Å². The molecule has 0 saturated carbocycles. The minimum absolute atomic E-state index is 0.136.